The Kier molecular flexibility index (Phi) is 7.55. The molecule has 0 N–H and O–H groups in total. The van der Waals surface area contributed by atoms with Gasteiger partial charge in [0, 0.05) is 38.8 Å². The first kappa shape index (κ1) is 29.4. The molecule has 0 fully saturated rings. The number of benzene rings is 3. The van der Waals surface area contributed by atoms with Crippen molar-refractivity contribution in [3.05, 3.63) is 124 Å². The number of carbonyl (C=O) groups is 1. The molecule has 0 saturated carbocycles. The van der Waals surface area contributed by atoms with Gasteiger partial charge in [0.1, 0.15) is 0 Å². The van der Waals surface area contributed by atoms with Crippen LogP contribution in [-0.2, 0) is 16.1 Å². The molecule has 0 amide bonds. The fourth-order valence-electron chi connectivity index (χ4n) is 5.99. The number of nitrogens with zero attached hydrogens (tertiary/aromatic N) is 3. The molecule has 8 nitrogen and oxygen atoms in total. The standard InChI is InChI=1S/C34H27Cl2N3O5S/c1-4-42-33(41)30-18(2)37-34-39(31(30)20-10-12-27-28(13-20)44-17-43-27)32(40)29(45-34)15-24-19(3)38(26-8-6-5-7-23(24)26)16-21-9-11-22(35)14-25(21)36/h5-15,31H,4,16-17H2,1-3H3/b29-15-/t31-/m0/s1. The third-order valence-corrected chi connectivity index (χ3v) is 9.70. The number of hydrogen-bond acceptors (Lipinski definition) is 7. The van der Waals surface area contributed by atoms with E-state index in [4.69, 9.17) is 42.4 Å². The van der Waals surface area contributed by atoms with Crippen molar-refractivity contribution in [1.29, 1.82) is 0 Å². The van der Waals surface area contributed by atoms with Crippen molar-refractivity contribution in [3.63, 3.8) is 0 Å². The highest BCUT2D eigenvalue weighted by Crippen LogP contribution is 2.38. The van der Waals surface area contributed by atoms with Gasteiger partial charge in [-0.15, -0.1) is 0 Å². The fraction of sp³-hybridized carbons (Fsp3) is 0.206. The van der Waals surface area contributed by atoms with Crippen LogP contribution in [0.3, 0.4) is 0 Å². The Morgan fingerprint density at radius 1 is 1.09 bits per heavy atom. The van der Waals surface area contributed by atoms with Crippen LogP contribution in [-0.4, -0.2) is 28.5 Å². The second kappa shape index (κ2) is 11.6. The molecule has 2 aliphatic heterocycles. The third-order valence-electron chi connectivity index (χ3n) is 8.13. The number of hydrogen-bond donors (Lipinski definition) is 0. The SMILES string of the molecule is CCOC(=O)C1=C(C)N=c2s/c(=C\c3c(C)n(Cc4ccc(Cl)cc4Cl)c4ccccc34)c(=O)n2[C@H]1c1ccc2c(c1)OCO2. The van der Waals surface area contributed by atoms with E-state index in [1.807, 2.05) is 55.5 Å². The summed E-state index contributed by atoms with van der Waals surface area (Å²) in [6, 6.07) is 18.2. The summed E-state index contributed by atoms with van der Waals surface area (Å²) in [5.41, 5.74) is 5.08. The van der Waals surface area contributed by atoms with Crippen LogP contribution in [0.25, 0.3) is 17.0 Å². The molecule has 0 bridgehead atoms. The smallest absolute Gasteiger partial charge is 0.338 e. The summed E-state index contributed by atoms with van der Waals surface area (Å²) >= 11 is 14.0. The van der Waals surface area contributed by atoms with E-state index in [1.54, 1.807) is 30.5 Å². The first-order valence-electron chi connectivity index (χ1n) is 14.4. The van der Waals surface area contributed by atoms with Crippen LogP contribution in [0.4, 0.5) is 0 Å². The quantitative estimate of drug-likeness (QED) is 0.204. The Morgan fingerprint density at radius 2 is 1.89 bits per heavy atom. The molecular formula is C34H27Cl2N3O5S. The zero-order valence-electron chi connectivity index (χ0n) is 24.6. The summed E-state index contributed by atoms with van der Waals surface area (Å²) < 4.78 is 20.8. The van der Waals surface area contributed by atoms with Crippen molar-refractivity contribution in [1.82, 2.24) is 9.13 Å². The number of carbonyl (C=O) groups excluding carboxylic acids is 1. The van der Waals surface area contributed by atoms with E-state index in [1.165, 1.54) is 11.3 Å². The zero-order valence-corrected chi connectivity index (χ0v) is 26.9. The van der Waals surface area contributed by atoms with Gasteiger partial charge in [-0.2, -0.15) is 0 Å². The van der Waals surface area contributed by atoms with Gasteiger partial charge in [-0.3, -0.25) is 9.36 Å². The number of ether oxygens (including phenoxy) is 3. The first-order chi connectivity index (χ1) is 21.7. The number of rotatable bonds is 6. The first-order valence-corrected chi connectivity index (χ1v) is 15.9. The molecule has 2 aromatic heterocycles. The molecule has 5 aromatic rings. The van der Waals surface area contributed by atoms with Crippen molar-refractivity contribution >= 4 is 57.5 Å². The van der Waals surface area contributed by atoms with Gasteiger partial charge >= 0.3 is 5.97 Å². The lowest BCUT2D eigenvalue weighted by Crippen LogP contribution is -2.39. The lowest BCUT2D eigenvalue weighted by molar-refractivity contribution is -0.139. The van der Waals surface area contributed by atoms with Crippen LogP contribution in [0.2, 0.25) is 10.0 Å². The van der Waals surface area contributed by atoms with Gasteiger partial charge in [0.15, 0.2) is 16.3 Å². The normalized spacial score (nSPS) is 15.8. The Labute approximate surface area is 272 Å². The van der Waals surface area contributed by atoms with Crippen molar-refractivity contribution in [3.8, 4) is 11.5 Å². The summed E-state index contributed by atoms with van der Waals surface area (Å²) in [7, 11) is 0. The summed E-state index contributed by atoms with van der Waals surface area (Å²) in [4.78, 5) is 32.8. The monoisotopic (exact) mass is 659 g/mol. The highest BCUT2D eigenvalue weighted by Gasteiger charge is 2.34. The molecule has 2 aliphatic rings. The maximum atomic E-state index is 14.3. The van der Waals surface area contributed by atoms with Crippen LogP contribution in [0.15, 0.2) is 81.7 Å². The highest BCUT2D eigenvalue weighted by molar-refractivity contribution is 7.07. The van der Waals surface area contributed by atoms with Gasteiger partial charge in [0.05, 0.1) is 28.5 Å². The molecule has 3 aromatic carbocycles. The molecule has 228 valence electrons. The van der Waals surface area contributed by atoms with Crippen molar-refractivity contribution in [2.45, 2.75) is 33.4 Å². The Morgan fingerprint density at radius 3 is 2.69 bits per heavy atom. The molecule has 4 heterocycles. The largest absolute Gasteiger partial charge is 0.463 e. The molecule has 0 unspecified atom stereocenters. The van der Waals surface area contributed by atoms with Crippen LogP contribution >= 0.6 is 34.5 Å². The molecule has 11 heteroatoms. The highest BCUT2D eigenvalue weighted by atomic mass is 35.5. The van der Waals surface area contributed by atoms with E-state index in [9.17, 15) is 9.59 Å². The number of aromatic nitrogens is 2. The summed E-state index contributed by atoms with van der Waals surface area (Å²) in [6.45, 7) is 6.38. The predicted octanol–water partition coefficient (Wildman–Crippen LogP) is 6.15. The molecule has 45 heavy (non-hydrogen) atoms. The number of thiazole rings is 1. The Hall–Kier alpha value is -4.31. The van der Waals surface area contributed by atoms with Gasteiger partial charge < -0.3 is 18.8 Å². The van der Waals surface area contributed by atoms with E-state index in [0.717, 1.165) is 27.7 Å². The maximum absolute atomic E-state index is 14.3. The van der Waals surface area contributed by atoms with Crippen LogP contribution < -0.4 is 24.4 Å². The number of fused-ring (bicyclic) bond motifs is 3. The zero-order chi connectivity index (χ0) is 31.4. The minimum Gasteiger partial charge on any atom is -0.463 e. The third kappa shape index (κ3) is 5.05. The summed E-state index contributed by atoms with van der Waals surface area (Å²) in [6.07, 6.45) is 1.92. The summed E-state index contributed by atoms with van der Waals surface area (Å²) in [5, 5.41) is 2.17. The number of halogens is 2. The molecule has 0 spiro atoms. The maximum Gasteiger partial charge on any atom is 0.338 e. The van der Waals surface area contributed by atoms with E-state index >= 15 is 0 Å². The molecule has 0 radical (unpaired) electrons. The topological polar surface area (TPSA) is 84.1 Å². The molecule has 7 rings (SSSR count). The van der Waals surface area contributed by atoms with Crippen molar-refractivity contribution < 1.29 is 19.0 Å². The molecule has 1 atom stereocenters. The minimum atomic E-state index is -0.758. The average molecular weight is 661 g/mol. The van der Waals surface area contributed by atoms with Gasteiger partial charge in [-0.1, -0.05) is 64.9 Å². The van der Waals surface area contributed by atoms with E-state index in [0.29, 0.717) is 54.3 Å². The second-order valence-electron chi connectivity index (χ2n) is 10.8. The number of allylic oxidation sites excluding steroid dienone is 1. The van der Waals surface area contributed by atoms with Gasteiger partial charge in [-0.05, 0) is 68.3 Å². The number of para-hydroxylation sites is 1. The average Bonchev–Trinajstić information content (AvgIpc) is 3.68. The van der Waals surface area contributed by atoms with E-state index < -0.39 is 12.0 Å². The van der Waals surface area contributed by atoms with E-state index in [2.05, 4.69) is 10.6 Å². The van der Waals surface area contributed by atoms with Crippen molar-refractivity contribution in [2.24, 2.45) is 4.99 Å². The Bertz CT molecular complexity index is 2250. The number of esters is 1. The van der Waals surface area contributed by atoms with Crippen molar-refractivity contribution in [2.75, 3.05) is 13.4 Å². The van der Waals surface area contributed by atoms with Gasteiger partial charge in [0.2, 0.25) is 6.79 Å². The van der Waals surface area contributed by atoms with Gasteiger partial charge in [-0.25, -0.2) is 9.79 Å². The Balaban J connectivity index is 1.41. The molecule has 0 saturated heterocycles. The van der Waals surface area contributed by atoms with Crippen LogP contribution in [0, 0.1) is 6.92 Å². The predicted molar refractivity (Wildman–Crippen MR) is 175 cm³/mol. The lowest BCUT2D eigenvalue weighted by atomic mass is 9.95. The minimum absolute atomic E-state index is 0.109. The molecular weight excluding hydrogens is 633 g/mol. The lowest BCUT2D eigenvalue weighted by Gasteiger charge is -2.24. The van der Waals surface area contributed by atoms with Crippen LogP contribution in [0.1, 0.15) is 42.3 Å². The fourth-order valence-corrected chi connectivity index (χ4v) is 7.48. The van der Waals surface area contributed by atoms with Gasteiger partial charge in [0.25, 0.3) is 5.56 Å². The summed E-state index contributed by atoms with van der Waals surface area (Å²) in [5.74, 6) is 0.642. The van der Waals surface area contributed by atoms with E-state index in [-0.39, 0.29) is 19.0 Å². The molecule has 0 aliphatic carbocycles. The second-order valence-corrected chi connectivity index (χ2v) is 12.6. The van der Waals surface area contributed by atoms with Crippen LogP contribution in [0.5, 0.6) is 11.5 Å².